The number of halogens is 1. The summed E-state index contributed by atoms with van der Waals surface area (Å²) < 4.78 is 30.6. The summed E-state index contributed by atoms with van der Waals surface area (Å²) in [6.07, 6.45) is -1.62. The van der Waals surface area contributed by atoms with Gasteiger partial charge in [-0.15, -0.1) is 0 Å². The fraction of sp³-hybridized carbons (Fsp3) is 0.308. The first-order valence-corrected chi connectivity index (χ1v) is 14.7. The van der Waals surface area contributed by atoms with Gasteiger partial charge in [-0.25, -0.2) is 19.4 Å². The number of rotatable bonds is 11. The quantitative estimate of drug-likeness (QED) is 0.126. The molecule has 1 fully saturated rings. The minimum absolute atomic E-state index is 0.0216. The molecule has 0 amide bonds. The van der Waals surface area contributed by atoms with E-state index in [1.165, 1.54) is 22.9 Å². The van der Waals surface area contributed by atoms with Crippen LogP contribution in [0.3, 0.4) is 0 Å². The molecule has 3 heterocycles. The Labute approximate surface area is 245 Å². The number of para-hydroxylation sites is 1. The van der Waals surface area contributed by atoms with E-state index in [1.807, 2.05) is 30.3 Å². The number of anilines is 2. The first-order chi connectivity index (χ1) is 20.1. The predicted molar refractivity (Wildman–Crippen MR) is 151 cm³/mol. The van der Waals surface area contributed by atoms with E-state index in [-0.39, 0.29) is 35.3 Å². The minimum atomic E-state index is -4.99. The molecule has 1 aliphatic rings. The number of nitrogen functional groups attached to an aromatic ring is 1. The summed E-state index contributed by atoms with van der Waals surface area (Å²) in [5.41, 5.74) is 7.78. The molecule has 16 heteroatoms. The van der Waals surface area contributed by atoms with Crippen LogP contribution >= 0.6 is 19.4 Å². The highest BCUT2D eigenvalue weighted by Crippen LogP contribution is 2.49. The molecule has 4 N–H and O–H groups in total. The molecule has 42 heavy (non-hydrogen) atoms. The number of hydroxylamine groups is 1. The number of aliphatic hydroxyl groups excluding tert-OH is 1. The van der Waals surface area contributed by atoms with Crippen LogP contribution in [0.1, 0.15) is 25.1 Å². The maximum atomic E-state index is 13.1. The fourth-order valence-corrected chi connectivity index (χ4v) is 5.61. The van der Waals surface area contributed by atoms with E-state index in [9.17, 15) is 19.4 Å². The number of phosphoric ester groups is 1. The maximum absolute atomic E-state index is 13.1. The van der Waals surface area contributed by atoms with E-state index in [1.54, 1.807) is 30.3 Å². The van der Waals surface area contributed by atoms with Gasteiger partial charge in [-0.05, 0) is 36.2 Å². The zero-order valence-corrected chi connectivity index (χ0v) is 23.9. The lowest BCUT2D eigenvalue weighted by molar-refractivity contribution is -0.140. The van der Waals surface area contributed by atoms with Crippen molar-refractivity contribution in [3.63, 3.8) is 0 Å². The first-order valence-electron chi connectivity index (χ1n) is 12.8. The van der Waals surface area contributed by atoms with Gasteiger partial charge in [0.05, 0.1) is 25.2 Å². The molecule has 1 saturated heterocycles. The molecule has 5 atom stereocenters. The lowest BCUT2D eigenvalue weighted by Gasteiger charge is -2.29. The molecule has 0 spiro atoms. The second kappa shape index (κ2) is 12.7. The van der Waals surface area contributed by atoms with Crippen LogP contribution in [-0.4, -0.2) is 60.3 Å². The smallest absolute Gasteiger partial charge is 0.394 e. The standard InChI is InChI=1S/C26H28ClN6O8P/c1-16(33(18-10-6-3-7-11-18)38-14-17-8-4-2-5-9-17)25(35)41-42(36,37)40-19-12-21(39-20(19)13-34)32-15-29-22-23(28)30-26(27)31-24(22)32/h2-11,15-16,19-21,34H,12-14H2,1H3,(H,36,37)(H2,28,30,31)/t16-,19+,20-,21-/m1/s1. The Kier molecular flexibility index (Phi) is 9.04. The summed E-state index contributed by atoms with van der Waals surface area (Å²) in [5, 5.41) is 11.1. The normalized spacial score (nSPS) is 20.7. The lowest BCUT2D eigenvalue weighted by Crippen LogP contribution is -2.40. The van der Waals surface area contributed by atoms with E-state index in [0.29, 0.717) is 5.69 Å². The van der Waals surface area contributed by atoms with Gasteiger partial charge in [0.25, 0.3) is 0 Å². The molecule has 0 bridgehead atoms. The third-order valence-corrected chi connectivity index (χ3v) is 7.60. The van der Waals surface area contributed by atoms with Crippen LogP contribution in [0.5, 0.6) is 0 Å². The Hall–Kier alpha value is -3.62. The highest BCUT2D eigenvalue weighted by Gasteiger charge is 2.43. The van der Waals surface area contributed by atoms with Gasteiger partial charge in [0.1, 0.15) is 24.0 Å². The fourth-order valence-electron chi connectivity index (χ4n) is 4.45. The van der Waals surface area contributed by atoms with Crippen molar-refractivity contribution in [2.75, 3.05) is 17.4 Å². The van der Waals surface area contributed by atoms with Crippen molar-refractivity contribution in [3.05, 3.63) is 77.8 Å². The molecule has 0 saturated carbocycles. The molecule has 1 unspecified atom stereocenters. The third-order valence-electron chi connectivity index (χ3n) is 6.48. The molecule has 14 nitrogen and oxygen atoms in total. The Morgan fingerprint density at radius 1 is 1.21 bits per heavy atom. The number of phosphoric acid groups is 1. The summed E-state index contributed by atoms with van der Waals surface area (Å²) in [6.45, 7) is 1.05. The van der Waals surface area contributed by atoms with Gasteiger partial charge >= 0.3 is 13.8 Å². The van der Waals surface area contributed by atoms with Gasteiger partial charge in [0, 0.05) is 6.42 Å². The van der Waals surface area contributed by atoms with Gasteiger partial charge in [-0.3, -0.25) is 18.8 Å². The van der Waals surface area contributed by atoms with E-state index in [4.69, 9.17) is 36.0 Å². The highest BCUT2D eigenvalue weighted by molar-refractivity contribution is 7.48. The highest BCUT2D eigenvalue weighted by atomic mass is 35.5. The molecule has 0 radical (unpaired) electrons. The van der Waals surface area contributed by atoms with Crippen LogP contribution in [0.15, 0.2) is 67.0 Å². The summed E-state index contributed by atoms with van der Waals surface area (Å²) in [7, 11) is -4.99. The predicted octanol–water partition coefficient (Wildman–Crippen LogP) is 3.40. The van der Waals surface area contributed by atoms with Gasteiger partial charge in [0.15, 0.2) is 17.5 Å². The number of aliphatic hydroxyl groups is 1. The van der Waals surface area contributed by atoms with Crippen molar-refractivity contribution in [3.8, 4) is 0 Å². The molecule has 2 aromatic carbocycles. The second-order valence-electron chi connectivity index (χ2n) is 9.37. The van der Waals surface area contributed by atoms with Crippen molar-refractivity contribution in [1.82, 2.24) is 19.5 Å². The molecule has 1 aliphatic heterocycles. The van der Waals surface area contributed by atoms with Crippen LogP contribution in [-0.2, 0) is 34.6 Å². The summed E-state index contributed by atoms with van der Waals surface area (Å²) in [5.74, 6) is -1.01. The SMILES string of the molecule is C[C@H](C(=O)OP(=O)(O)O[C@H]1C[C@H](n2cnc3c(N)nc(Cl)nc32)O[C@@H]1CO)N(OCc1ccccc1)c1ccccc1. The van der Waals surface area contributed by atoms with Gasteiger partial charge < -0.3 is 20.1 Å². The van der Waals surface area contributed by atoms with Crippen molar-refractivity contribution < 1.29 is 38.0 Å². The maximum Gasteiger partial charge on any atom is 0.530 e. The van der Waals surface area contributed by atoms with Crippen LogP contribution in [0.4, 0.5) is 11.5 Å². The van der Waals surface area contributed by atoms with Crippen LogP contribution in [0.25, 0.3) is 11.2 Å². The van der Waals surface area contributed by atoms with Crippen LogP contribution in [0.2, 0.25) is 5.28 Å². The molecule has 4 aromatic rings. The van der Waals surface area contributed by atoms with E-state index < -0.39 is 44.9 Å². The lowest BCUT2D eigenvalue weighted by atomic mass is 10.2. The monoisotopic (exact) mass is 618 g/mol. The number of benzene rings is 2. The molecular weight excluding hydrogens is 591 g/mol. The number of hydrogen-bond donors (Lipinski definition) is 3. The third kappa shape index (κ3) is 6.71. The number of ether oxygens (including phenoxy) is 1. The topological polar surface area (TPSA) is 184 Å². The number of aromatic nitrogens is 4. The molecule has 2 aromatic heterocycles. The van der Waals surface area contributed by atoms with Gasteiger partial charge in [0.2, 0.25) is 5.28 Å². The number of carbonyl (C=O) groups excluding carboxylic acids is 1. The van der Waals surface area contributed by atoms with Crippen LogP contribution in [0, 0.1) is 0 Å². The Bertz CT molecular complexity index is 1580. The summed E-state index contributed by atoms with van der Waals surface area (Å²) in [4.78, 5) is 41.7. The number of carbonyl (C=O) groups is 1. The zero-order chi connectivity index (χ0) is 29.9. The largest absolute Gasteiger partial charge is 0.530 e. The average molecular weight is 619 g/mol. The van der Waals surface area contributed by atoms with E-state index in [2.05, 4.69) is 15.0 Å². The summed E-state index contributed by atoms with van der Waals surface area (Å²) in [6, 6.07) is 16.9. The van der Waals surface area contributed by atoms with Crippen molar-refractivity contribution in [2.45, 2.75) is 44.4 Å². The minimum Gasteiger partial charge on any atom is -0.394 e. The molecule has 222 valence electrons. The number of nitrogens with zero attached hydrogens (tertiary/aromatic N) is 5. The molecular formula is C26H28ClN6O8P. The Balaban J connectivity index is 1.27. The Morgan fingerprint density at radius 2 is 1.90 bits per heavy atom. The molecule has 5 rings (SSSR count). The van der Waals surface area contributed by atoms with Gasteiger partial charge in [-0.1, -0.05) is 48.5 Å². The first kappa shape index (κ1) is 29.9. The Morgan fingerprint density at radius 3 is 2.60 bits per heavy atom. The number of fused-ring (bicyclic) bond motifs is 1. The van der Waals surface area contributed by atoms with E-state index >= 15 is 0 Å². The van der Waals surface area contributed by atoms with Crippen molar-refractivity contribution in [2.24, 2.45) is 0 Å². The second-order valence-corrected chi connectivity index (χ2v) is 11.0. The number of nitrogens with two attached hydrogens (primary N) is 1. The van der Waals surface area contributed by atoms with E-state index in [0.717, 1.165) is 5.56 Å². The number of imidazole rings is 1. The zero-order valence-electron chi connectivity index (χ0n) is 22.3. The van der Waals surface area contributed by atoms with Crippen molar-refractivity contribution >= 4 is 48.1 Å². The average Bonchev–Trinajstić information content (AvgIpc) is 3.57. The molecule has 0 aliphatic carbocycles. The summed E-state index contributed by atoms with van der Waals surface area (Å²) >= 11 is 5.94. The number of hydrogen-bond acceptors (Lipinski definition) is 12. The van der Waals surface area contributed by atoms with Gasteiger partial charge in [-0.2, -0.15) is 9.97 Å². The van der Waals surface area contributed by atoms with Crippen molar-refractivity contribution in [1.29, 1.82) is 0 Å². The van der Waals surface area contributed by atoms with Crippen LogP contribution < -0.4 is 10.8 Å².